The highest BCUT2D eigenvalue weighted by Crippen LogP contribution is 2.36. The number of carbonyl (C=O) groups excluding carboxylic acids is 3. The first-order valence-corrected chi connectivity index (χ1v) is 9.80. The van der Waals surface area contributed by atoms with E-state index < -0.39 is 11.6 Å². The average Bonchev–Trinajstić information content (AvgIpc) is 3.18. The van der Waals surface area contributed by atoms with Crippen molar-refractivity contribution in [3.8, 4) is 0 Å². The van der Waals surface area contributed by atoms with Crippen LogP contribution in [0.3, 0.4) is 0 Å². The monoisotopic (exact) mass is 383 g/mol. The number of hydrogen-bond donors (Lipinski definition) is 2. The van der Waals surface area contributed by atoms with Gasteiger partial charge in [0.15, 0.2) is 0 Å². The van der Waals surface area contributed by atoms with Gasteiger partial charge in [0.2, 0.25) is 5.91 Å². The second kappa shape index (κ2) is 7.26. The fourth-order valence-electron chi connectivity index (χ4n) is 4.05. The van der Waals surface area contributed by atoms with Crippen molar-refractivity contribution in [2.45, 2.75) is 44.6 Å². The number of aromatic nitrogens is 2. The van der Waals surface area contributed by atoms with Gasteiger partial charge < -0.3 is 15.0 Å². The zero-order chi connectivity index (χ0) is 19.7. The molecule has 8 heteroatoms. The fraction of sp³-hybridized carbons (Fsp3) is 0.500. The summed E-state index contributed by atoms with van der Waals surface area (Å²) in [5.41, 5.74) is 0.924. The molecule has 1 spiro atoms. The van der Waals surface area contributed by atoms with Crippen LogP contribution in [0.5, 0.6) is 0 Å². The molecule has 0 unspecified atom stereocenters. The molecule has 2 aromatic rings. The number of rotatable bonds is 5. The lowest BCUT2D eigenvalue weighted by Gasteiger charge is -2.33. The molecule has 0 atom stereocenters. The Hall–Kier alpha value is -2.90. The lowest BCUT2D eigenvalue weighted by atomic mass is 9.77. The molecule has 2 fully saturated rings. The van der Waals surface area contributed by atoms with Crippen LogP contribution in [0.25, 0.3) is 5.65 Å². The average molecular weight is 383 g/mol. The summed E-state index contributed by atoms with van der Waals surface area (Å²) < 4.78 is 1.93. The van der Waals surface area contributed by atoms with Gasteiger partial charge in [-0.2, -0.15) is 0 Å². The Balaban J connectivity index is 1.29. The van der Waals surface area contributed by atoms with Crippen molar-refractivity contribution in [3.05, 3.63) is 36.3 Å². The van der Waals surface area contributed by atoms with Gasteiger partial charge in [-0.05, 0) is 43.7 Å². The minimum Gasteiger partial charge on any atom is -0.354 e. The molecule has 0 bridgehead atoms. The van der Waals surface area contributed by atoms with E-state index >= 15 is 0 Å². The topological polar surface area (TPSA) is 95.8 Å². The normalized spacial score (nSPS) is 24.8. The van der Waals surface area contributed by atoms with E-state index in [9.17, 15) is 14.4 Å². The fourth-order valence-corrected chi connectivity index (χ4v) is 4.05. The molecule has 4 rings (SSSR count). The van der Waals surface area contributed by atoms with Crippen molar-refractivity contribution in [1.82, 2.24) is 24.9 Å². The van der Waals surface area contributed by atoms with Gasteiger partial charge in [-0.3, -0.25) is 14.5 Å². The number of urea groups is 1. The second-order valence-corrected chi connectivity index (χ2v) is 7.88. The summed E-state index contributed by atoms with van der Waals surface area (Å²) >= 11 is 0. The largest absolute Gasteiger partial charge is 0.354 e. The minimum absolute atomic E-state index is 0.243. The molecule has 28 heavy (non-hydrogen) atoms. The van der Waals surface area contributed by atoms with E-state index in [0.29, 0.717) is 31.7 Å². The Morgan fingerprint density at radius 1 is 1.32 bits per heavy atom. The highest BCUT2D eigenvalue weighted by molar-refractivity contribution is 6.09. The van der Waals surface area contributed by atoms with Gasteiger partial charge >= 0.3 is 6.03 Å². The van der Waals surface area contributed by atoms with E-state index in [4.69, 9.17) is 0 Å². The summed E-state index contributed by atoms with van der Waals surface area (Å²) in [6.07, 6.45) is 7.53. The molecule has 1 aliphatic carbocycles. The first-order chi connectivity index (χ1) is 13.5. The van der Waals surface area contributed by atoms with E-state index in [1.807, 2.05) is 35.0 Å². The molecule has 1 saturated heterocycles. The lowest BCUT2D eigenvalue weighted by Crippen LogP contribution is -2.50. The van der Waals surface area contributed by atoms with Gasteiger partial charge in [0.05, 0.1) is 5.69 Å². The summed E-state index contributed by atoms with van der Waals surface area (Å²) in [6, 6.07) is 5.31. The van der Waals surface area contributed by atoms with E-state index in [2.05, 4.69) is 22.5 Å². The number of fused-ring (bicyclic) bond motifs is 1. The zero-order valence-corrected chi connectivity index (χ0v) is 16.0. The third kappa shape index (κ3) is 3.46. The molecule has 4 amide bonds. The van der Waals surface area contributed by atoms with Crippen LogP contribution < -0.4 is 10.6 Å². The van der Waals surface area contributed by atoms with Crippen molar-refractivity contribution in [1.29, 1.82) is 0 Å². The molecule has 0 radical (unpaired) electrons. The Morgan fingerprint density at radius 2 is 2.11 bits per heavy atom. The molecule has 2 aromatic heterocycles. The predicted molar refractivity (Wildman–Crippen MR) is 103 cm³/mol. The number of amides is 4. The number of carbonyl (C=O) groups is 3. The number of hydrogen-bond acceptors (Lipinski definition) is 4. The molecular weight excluding hydrogens is 358 g/mol. The predicted octanol–water partition coefficient (Wildman–Crippen LogP) is 1.49. The highest BCUT2D eigenvalue weighted by Gasteiger charge is 2.52. The van der Waals surface area contributed by atoms with Crippen molar-refractivity contribution in [2.75, 3.05) is 13.1 Å². The molecule has 8 nitrogen and oxygen atoms in total. The molecule has 3 heterocycles. The van der Waals surface area contributed by atoms with Crippen molar-refractivity contribution < 1.29 is 14.4 Å². The maximum atomic E-state index is 12.8. The van der Waals surface area contributed by atoms with E-state index in [1.54, 1.807) is 0 Å². The van der Waals surface area contributed by atoms with Crippen LogP contribution in [0, 0.1) is 5.92 Å². The van der Waals surface area contributed by atoms with Gasteiger partial charge in [0.25, 0.3) is 5.91 Å². The Morgan fingerprint density at radius 3 is 2.86 bits per heavy atom. The summed E-state index contributed by atoms with van der Waals surface area (Å²) in [5, 5.41) is 5.62. The van der Waals surface area contributed by atoms with Crippen LogP contribution in [0.1, 0.15) is 38.3 Å². The van der Waals surface area contributed by atoms with Crippen LogP contribution in [-0.2, 0) is 16.0 Å². The third-order valence-corrected chi connectivity index (χ3v) is 5.79. The van der Waals surface area contributed by atoms with E-state index in [-0.39, 0.29) is 18.4 Å². The van der Waals surface area contributed by atoms with Gasteiger partial charge in [-0.15, -0.1) is 0 Å². The highest BCUT2D eigenvalue weighted by atomic mass is 16.2. The van der Waals surface area contributed by atoms with Crippen LogP contribution in [0.15, 0.2) is 30.6 Å². The number of imidazole rings is 1. The van der Waals surface area contributed by atoms with Crippen LogP contribution in [-0.4, -0.2) is 50.8 Å². The van der Waals surface area contributed by atoms with E-state index in [0.717, 1.165) is 29.1 Å². The van der Waals surface area contributed by atoms with Crippen LogP contribution in [0.4, 0.5) is 4.79 Å². The van der Waals surface area contributed by atoms with Gasteiger partial charge in [-0.25, -0.2) is 9.78 Å². The van der Waals surface area contributed by atoms with Crippen molar-refractivity contribution in [2.24, 2.45) is 5.92 Å². The zero-order valence-electron chi connectivity index (χ0n) is 16.0. The van der Waals surface area contributed by atoms with Gasteiger partial charge in [0.1, 0.15) is 17.7 Å². The Labute approximate surface area is 163 Å². The Kier molecular flexibility index (Phi) is 4.78. The first kappa shape index (κ1) is 18.5. The lowest BCUT2D eigenvalue weighted by molar-refractivity contribution is -0.136. The maximum Gasteiger partial charge on any atom is 0.325 e. The van der Waals surface area contributed by atoms with Crippen molar-refractivity contribution in [3.63, 3.8) is 0 Å². The number of nitrogens with one attached hydrogen (secondary N) is 2. The summed E-state index contributed by atoms with van der Waals surface area (Å²) in [5.74, 6) is -0.0410. The van der Waals surface area contributed by atoms with Gasteiger partial charge in [-0.1, -0.05) is 13.0 Å². The summed E-state index contributed by atoms with van der Waals surface area (Å²) in [4.78, 5) is 42.9. The summed E-state index contributed by atoms with van der Waals surface area (Å²) in [6.45, 7) is 2.31. The molecule has 2 N–H and O–H groups in total. The Bertz CT molecular complexity index is 880. The molecule has 1 aliphatic heterocycles. The molecule has 1 saturated carbocycles. The van der Waals surface area contributed by atoms with E-state index in [1.165, 1.54) is 0 Å². The number of nitrogens with zero attached hydrogens (tertiary/aromatic N) is 3. The summed E-state index contributed by atoms with van der Waals surface area (Å²) in [7, 11) is 0. The number of imide groups is 1. The molecule has 148 valence electrons. The standard InChI is InChI=1S/C20H25N5O3/c1-14-5-8-20(9-6-14)18(27)25(19(28)23-20)13-17(26)21-10-7-15-12-24-11-3-2-4-16(24)22-15/h2-4,11-12,14H,5-10,13H2,1H3,(H,21,26)(H,23,28). The molecule has 0 aromatic carbocycles. The quantitative estimate of drug-likeness (QED) is 0.765. The van der Waals surface area contributed by atoms with Gasteiger partial charge in [0, 0.05) is 25.4 Å². The van der Waals surface area contributed by atoms with Crippen LogP contribution >= 0.6 is 0 Å². The minimum atomic E-state index is -0.805. The maximum absolute atomic E-state index is 12.8. The number of pyridine rings is 1. The van der Waals surface area contributed by atoms with Crippen molar-refractivity contribution >= 4 is 23.5 Å². The molecular formula is C20H25N5O3. The molecule has 2 aliphatic rings. The van der Waals surface area contributed by atoms with Crippen LogP contribution in [0.2, 0.25) is 0 Å². The first-order valence-electron chi connectivity index (χ1n) is 9.80. The third-order valence-electron chi connectivity index (χ3n) is 5.79. The SMILES string of the molecule is CC1CCC2(CC1)NC(=O)N(CC(=O)NCCc1cn3ccccc3n1)C2=O. The smallest absolute Gasteiger partial charge is 0.325 e. The second-order valence-electron chi connectivity index (χ2n) is 7.88.